The maximum atomic E-state index is 7.84. The lowest BCUT2D eigenvalue weighted by Crippen LogP contribution is -2.12. The molecule has 0 amide bonds. The van der Waals surface area contributed by atoms with Crippen molar-refractivity contribution in [1.82, 2.24) is 0 Å². The van der Waals surface area contributed by atoms with Gasteiger partial charge in [-0.3, -0.25) is 0 Å². The Hall–Kier alpha value is -0.330. The predicted molar refractivity (Wildman–Crippen MR) is 51.6 cm³/mol. The van der Waals surface area contributed by atoms with Gasteiger partial charge in [0.25, 0.3) is 0 Å². The SMILES string of the molecule is N=C(CC1CCCCC1)C1CC1. The fraction of sp³-hybridized carbons (Fsp3) is 0.909. The van der Waals surface area contributed by atoms with Crippen molar-refractivity contribution in [2.24, 2.45) is 11.8 Å². The van der Waals surface area contributed by atoms with Gasteiger partial charge in [0.1, 0.15) is 0 Å². The summed E-state index contributed by atoms with van der Waals surface area (Å²) in [4.78, 5) is 0. The maximum absolute atomic E-state index is 7.84. The molecule has 2 rings (SSSR count). The molecule has 0 heterocycles. The molecule has 2 aliphatic rings. The second-order valence-electron chi connectivity index (χ2n) is 4.51. The molecular weight excluding hydrogens is 146 g/mol. The molecule has 1 N–H and O–H groups in total. The van der Waals surface area contributed by atoms with Gasteiger partial charge in [0.15, 0.2) is 0 Å². The van der Waals surface area contributed by atoms with Crippen LogP contribution < -0.4 is 0 Å². The van der Waals surface area contributed by atoms with Crippen molar-refractivity contribution in [3.63, 3.8) is 0 Å². The van der Waals surface area contributed by atoms with Crippen LogP contribution in [0.4, 0.5) is 0 Å². The van der Waals surface area contributed by atoms with E-state index in [0.717, 1.165) is 18.1 Å². The summed E-state index contributed by atoms with van der Waals surface area (Å²) in [5, 5.41) is 7.84. The van der Waals surface area contributed by atoms with Crippen LogP contribution in [0.2, 0.25) is 0 Å². The van der Waals surface area contributed by atoms with Crippen molar-refractivity contribution in [2.45, 2.75) is 51.4 Å². The molecule has 2 saturated carbocycles. The molecule has 0 atom stereocenters. The van der Waals surface area contributed by atoms with Gasteiger partial charge in [-0.25, -0.2) is 0 Å². The number of hydrogen-bond donors (Lipinski definition) is 1. The summed E-state index contributed by atoms with van der Waals surface area (Å²) in [7, 11) is 0. The first-order valence-corrected chi connectivity index (χ1v) is 5.43. The summed E-state index contributed by atoms with van der Waals surface area (Å²) >= 11 is 0. The minimum atomic E-state index is 0.715. The highest BCUT2D eigenvalue weighted by atomic mass is 14.5. The lowest BCUT2D eigenvalue weighted by molar-refractivity contribution is 0.366. The normalized spacial score (nSPS) is 25.7. The maximum Gasteiger partial charge on any atom is 0.0123 e. The molecule has 12 heavy (non-hydrogen) atoms. The molecule has 0 radical (unpaired) electrons. The van der Waals surface area contributed by atoms with Crippen molar-refractivity contribution in [3.8, 4) is 0 Å². The van der Waals surface area contributed by atoms with E-state index in [9.17, 15) is 0 Å². The van der Waals surface area contributed by atoms with Crippen LogP contribution in [0, 0.1) is 17.2 Å². The predicted octanol–water partition coefficient (Wildman–Crippen LogP) is 3.39. The standard InChI is InChI=1S/C11H19N/c12-11(10-6-7-10)8-9-4-2-1-3-5-9/h9-10,12H,1-8H2. The molecule has 1 nitrogen and oxygen atoms in total. The van der Waals surface area contributed by atoms with Gasteiger partial charge in [-0.05, 0) is 31.1 Å². The van der Waals surface area contributed by atoms with E-state index in [1.54, 1.807) is 0 Å². The molecule has 0 aromatic carbocycles. The Balaban J connectivity index is 1.73. The van der Waals surface area contributed by atoms with Crippen LogP contribution in [0.1, 0.15) is 51.4 Å². The lowest BCUT2D eigenvalue weighted by atomic mass is 9.85. The molecule has 0 aromatic heterocycles. The summed E-state index contributed by atoms with van der Waals surface area (Å²) in [5.41, 5.74) is 1.07. The van der Waals surface area contributed by atoms with Crippen molar-refractivity contribution < 1.29 is 0 Å². The van der Waals surface area contributed by atoms with Gasteiger partial charge < -0.3 is 5.41 Å². The first-order chi connectivity index (χ1) is 5.86. The van der Waals surface area contributed by atoms with E-state index in [2.05, 4.69) is 0 Å². The Labute approximate surface area is 75.1 Å². The Morgan fingerprint density at radius 3 is 2.25 bits per heavy atom. The quantitative estimate of drug-likeness (QED) is 0.620. The Morgan fingerprint density at radius 2 is 1.67 bits per heavy atom. The average Bonchev–Trinajstić information content (AvgIpc) is 2.88. The highest BCUT2D eigenvalue weighted by Gasteiger charge is 2.28. The van der Waals surface area contributed by atoms with Crippen molar-refractivity contribution in [2.75, 3.05) is 0 Å². The number of hydrogen-bond acceptors (Lipinski definition) is 1. The zero-order valence-corrected chi connectivity index (χ0v) is 7.81. The van der Waals surface area contributed by atoms with Crippen molar-refractivity contribution in [3.05, 3.63) is 0 Å². The first kappa shape index (κ1) is 8.28. The van der Waals surface area contributed by atoms with E-state index in [1.807, 2.05) is 0 Å². The van der Waals surface area contributed by atoms with Gasteiger partial charge in [0.2, 0.25) is 0 Å². The molecule has 2 fully saturated rings. The molecule has 0 saturated heterocycles. The largest absolute Gasteiger partial charge is 0.309 e. The molecule has 0 bridgehead atoms. The van der Waals surface area contributed by atoms with Crippen LogP contribution in [0.15, 0.2) is 0 Å². The molecule has 0 aromatic rings. The minimum absolute atomic E-state index is 0.715. The molecule has 0 aliphatic heterocycles. The fourth-order valence-corrected chi connectivity index (χ4v) is 2.30. The van der Waals surface area contributed by atoms with Gasteiger partial charge in [-0.1, -0.05) is 32.1 Å². The smallest absolute Gasteiger partial charge is 0.0123 e. The van der Waals surface area contributed by atoms with Gasteiger partial charge in [0, 0.05) is 5.71 Å². The van der Waals surface area contributed by atoms with Crippen LogP contribution in [0.3, 0.4) is 0 Å². The third-order valence-electron chi connectivity index (χ3n) is 3.30. The van der Waals surface area contributed by atoms with Crippen molar-refractivity contribution >= 4 is 5.71 Å². The molecule has 2 aliphatic carbocycles. The molecule has 1 heteroatoms. The van der Waals surface area contributed by atoms with Crippen LogP contribution >= 0.6 is 0 Å². The topological polar surface area (TPSA) is 23.9 Å². The molecule has 68 valence electrons. The lowest BCUT2D eigenvalue weighted by Gasteiger charge is -2.21. The first-order valence-electron chi connectivity index (χ1n) is 5.43. The third kappa shape index (κ3) is 2.09. The van der Waals surface area contributed by atoms with E-state index in [1.165, 1.54) is 44.9 Å². The third-order valence-corrected chi connectivity index (χ3v) is 3.30. The Morgan fingerprint density at radius 1 is 1.00 bits per heavy atom. The van der Waals surface area contributed by atoms with E-state index in [0.29, 0.717) is 5.92 Å². The number of rotatable bonds is 3. The zero-order valence-electron chi connectivity index (χ0n) is 7.81. The fourth-order valence-electron chi connectivity index (χ4n) is 2.30. The van der Waals surface area contributed by atoms with Crippen LogP contribution in [-0.2, 0) is 0 Å². The van der Waals surface area contributed by atoms with Crippen molar-refractivity contribution in [1.29, 1.82) is 5.41 Å². The van der Waals surface area contributed by atoms with E-state index >= 15 is 0 Å². The van der Waals surface area contributed by atoms with Gasteiger partial charge >= 0.3 is 0 Å². The molecule has 0 spiro atoms. The van der Waals surface area contributed by atoms with Gasteiger partial charge in [0.05, 0.1) is 0 Å². The van der Waals surface area contributed by atoms with Gasteiger partial charge in [-0.15, -0.1) is 0 Å². The molecule has 0 unspecified atom stereocenters. The van der Waals surface area contributed by atoms with Crippen LogP contribution in [0.25, 0.3) is 0 Å². The summed E-state index contributed by atoms with van der Waals surface area (Å²) < 4.78 is 0. The number of nitrogens with one attached hydrogen (secondary N) is 1. The highest BCUT2D eigenvalue weighted by molar-refractivity contribution is 5.85. The van der Waals surface area contributed by atoms with E-state index in [4.69, 9.17) is 5.41 Å². The molecular formula is C11H19N. The summed E-state index contributed by atoms with van der Waals surface area (Å²) in [6.45, 7) is 0. The zero-order chi connectivity index (χ0) is 8.39. The Kier molecular flexibility index (Phi) is 2.48. The van der Waals surface area contributed by atoms with Crippen LogP contribution in [0.5, 0.6) is 0 Å². The summed E-state index contributed by atoms with van der Waals surface area (Å²) in [6.07, 6.45) is 10.8. The minimum Gasteiger partial charge on any atom is -0.309 e. The second-order valence-corrected chi connectivity index (χ2v) is 4.51. The Bertz CT molecular complexity index is 164. The second kappa shape index (κ2) is 3.59. The van der Waals surface area contributed by atoms with Crippen LogP contribution in [-0.4, -0.2) is 5.71 Å². The van der Waals surface area contributed by atoms with E-state index < -0.39 is 0 Å². The van der Waals surface area contributed by atoms with E-state index in [-0.39, 0.29) is 0 Å². The monoisotopic (exact) mass is 165 g/mol. The average molecular weight is 165 g/mol. The summed E-state index contributed by atoms with van der Waals surface area (Å²) in [5.74, 6) is 1.60. The summed E-state index contributed by atoms with van der Waals surface area (Å²) in [6, 6.07) is 0. The highest BCUT2D eigenvalue weighted by Crippen LogP contribution is 2.35. The van der Waals surface area contributed by atoms with Gasteiger partial charge in [-0.2, -0.15) is 0 Å².